The Kier molecular flexibility index (Phi) is 30.8. The van der Waals surface area contributed by atoms with Gasteiger partial charge >= 0.3 is 29.6 Å². The molecule has 0 aliphatic rings. The largest absolute Gasteiger partial charge is 1.00 e. The fourth-order valence-corrected chi connectivity index (χ4v) is 6.61. The molecular weight excluding hydrogens is 834 g/mol. The summed E-state index contributed by atoms with van der Waals surface area (Å²) in [5, 5.41) is 0. The summed E-state index contributed by atoms with van der Waals surface area (Å²) >= 11 is 0. The Hall–Kier alpha value is -2.54. The van der Waals surface area contributed by atoms with Crippen molar-refractivity contribution in [3.05, 3.63) is 105 Å². The van der Waals surface area contributed by atoms with E-state index in [1.807, 2.05) is 20.8 Å². The summed E-state index contributed by atoms with van der Waals surface area (Å²) in [6.07, 6.45) is 0. The summed E-state index contributed by atoms with van der Waals surface area (Å²) in [5.41, 5.74) is 16.4. The Labute approximate surface area is 364 Å². The maximum Gasteiger partial charge on any atom is 1.00 e. The molecular formula is C36H52N3NaO15S3. The van der Waals surface area contributed by atoms with Crippen molar-refractivity contribution in [3.8, 4) is 0 Å². The standard InChI is InChI=1S/C22H30O9S2.C14H22O6S.N3.Na/c1-19-3-7-21(8-4-19)32(23,24)30-17-15-28-13-11-27-12-14-29-16-18-31-33(25,26)22-9-5-20(2)6-10-22;1-13-3-5-14(6-4-13)21(15,16)20-12-11-19-10-9-18-8-7-17-2;1-3-2;/h3-10H,11-18H2,1-2H3;3-6H,7-12H2,1-2H3;;/q;;-1;+1. The smallest absolute Gasteiger partial charge is 0.382 e. The van der Waals surface area contributed by atoms with Crippen LogP contribution in [0.25, 0.3) is 16.0 Å². The van der Waals surface area contributed by atoms with Crippen molar-refractivity contribution >= 4 is 30.4 Å². The van der Waals surface area contributed by atoms with Crippen molar-refractivity contribution in [2.75, 3.05) is 99.6 Å². The first kappa shape index (κ1) is 55.5. The number of benzene rings is 3. The van der Waals surface area contributed by atoms with Gasteiger partial charge in [0.05, 0.1) is 107 Å². The number of hydrogen-bond acceptors (Lipinski definition) is 15. The number of nitrogens with zero attached hydrogens (tertiary/aromatic N) is 3. The van der Waals surface area contributed by atoms with Crippen molar-refractivity contribution in [2.45, 2.75) is 35.5 Å². The van der Waals surface area contributed by atoms with Crippen LogP contribution in [-0.2, 0) is 71.3 Å². The summed E-state index contributed by atoms with van der Waals surface area (Å²) in [6, 6.07) is 19.3. The van der Waals surface area contributed by atoms with Crippen LogP contribution in [0.3, 0.4) is 0 Å². The fourth-order valence-electron chi connectivity index (χ4n) is 3.93. The Bertz CT molecular complexity index is 1800. The predicted octanol–water partition coefficient (Wildman–Crippen LogP) is 1.71. The Morgan fingerprint density at radius 2 is 0.586 bits per heavy atom. The van der Waals surface area contributed by atoms with Crippen LogP contribution in [0.2, 0.25) is 0 Å². The topological polar surface area (TPSA) is 244 Å². The third-order valence-corrected chi connectivity index (χ3v) is 10.9. The zero-order chi connectivity index (χ0) is 42.4. The van der Waals surface area contributed by atoms with Crippen LogP contribution < -0.4 is 29.6 Å². The Balaban J connectivity index is 0.00000112. The van der Waals surface area contributed by atoms with Gasteiger partial charge in [-0.15, -0.1) is 0 Å². The van der Waals surface area contributed by atoms with E-state index >= 15 is 0 Å². The van der Waals surface area contributed by atoms with Crippen LogP contribution in [0.1, 0.15) is 16.7 Å². The van der Waals surface area contributed by atoms with E-state index in [2.05, 4.69) is 0 Å². The normalized spacial score (nSPS) is 11.3. The quantitative estimate of drug-likeness (QED) is 0.0264. The van der Waals surface area contributed by atoms with Gasteiger partial charge in [-0.1, -0.05) is 53.1 Å². The van der Waals surface area contributed by atoms with E-state index in [1.165, 1.54) is 41.3 Å². The first-order valence-corrected chi connectivity index (χ1v) is 21.7. The van der Waals surface area contributed by atoms with Crippen LogP contribution in [0.15, 0.2) is 87.5 Å². The van der Waals surface area contributed by atoms with E-state index in [0.29, 0.717) is 39.6 Å². The van der Waals surface area contributed by atoms with Crippen molar-refractivity contribution in [2.24, 2.45) is 0 Å². The van der Waals surface area contributed by atoms with Gasteiger partial charge < -0.3 is 39.5 Å². The van der Waals surface area contributed by atoms with Crippen molar-refractivity contribution in [3.63, 3.8) is 0 Å². The molecule has 0 fully saturated rings. The van der Waals surface area contributed by atoms with Gasteiger partial charge in [0.2, 0.25) is 0 Å². The summed E-state index contributed by atoms with van der Waals surface area (Å²) in [7, 11) is -9.69. The van der Waals surface area contributed by atoms with Crippen molar-refractivity contribution in [1.29, 1.82) is 0 Å². The van der Waals surface area contributed by atoms with Gasteiger partial charge in [0.1, 0.15) is 0 Å². The molecule has 0 heterocycles. The molecule has 0 aliphatic heterocycles. The molecule has 0 radical (unpaired) electrons. The maximum atomic E-state index is 12.0. The summed E-state index contributed by atoms with van der Waals surface area (Å²) in [5.74, 6) is 0. The Morgan fingerprint density at radius 3 is 0.793 bits per heavy atom. The maximum absolute atomic E-state index is 12.0. The van der Waals surface area contributed by atoms with E-state index in [-0.39, 0.29) is 97.1 Å². The molecule has 3 aromatic rings. The fraction of sp³-hybridized carbons (Fsp3) is 0.500. The van der Waals surface area contributed by atoms with E-state index in [1.54, 1.807) is 43.5 Å². The summed E-state index contributed by atoms with van der Waals surface area (Å²) in [6.45, 7) is 8.85. The monoisotopic (exact) mass is 885 g/mol. The van der Waals surface area contributed by atoms with E-state index in [4.69, 9.17) is 52.0 Å². The number of aryl methyl sites for hydroxylation is 3. The molecule has 0 amide bonds. The molecule has 0 saturated heterocycles. The number of rotatable bonds is 27. The van der Waals surface area contributed by atoms with E-state index in [0.717, 1.165) is 16.7 Å². The van der Waals surface area contributed by atoms with Crippen LogP contribution in [0, 0.1) is 20.8 Å². The van der Waals surface area contributed by atoms with Gasteiger partial charge in [0.25, 0.3) is 30.4 Å². The second-order valence-electron chi connectivity index (χ2n) is 11.4. The summed E-state index contributed by atoms with van der Waals surface area (Å²) < 4.78 is 118. The van der Waals surface area contributed by atoms with Crippen molar-refractivity contribution < 1.29 is 95.8 Å². The van der Waals surface area contributed by atoms with Crippen molar-refractivity contribution in [1.82, 2.24) is 0 Å². The molecule has 18 nitrogen and oxygen atoms in total. The van der Waals surface area contributed by atoms with Crippen LogP contribution in [0.4, 0.5) is 0 Å². The van der Waals surface area contributed by atoms with Crippen LogP contribution in [0.5, 0.6) is 0 Å². The average Bonchev–Trinajstić information content (AvgIpc) is 3.17. The molecule has 0 atom stereocenters. The SMILES string of the molecule is COCCOCCOCCOS(=O)(=O)c1ccc(C)cc1.Cc1ccc(S(=O)(=O)OCCOCCOCCOCCOS(=O)(=O)c2ccc(C)cc2)cc1.[N-]=[N+]=[N-].[Na+]. The molecule has 3 aromatic carbocycles. The molecule has 0 aromatic heterocycles. The zero-order valence-corrected chi connectivity index (χ0v) is 38.0. The first-order chi connectivity index (χ1) is 27.2. The molecule has 58 heavy (non-hydrogen) atoms. The van der Waals surface area contributed by atoms with Crippen LogP contribution in [-0.4, -0.2) is 125 Å². The molecule has 0 N–H and O–H groups in total. The molecule has 0 aliphatic carbocycles. The molecule has 0 bridgehead atoms. The summed E-state index contributed by atoms with van der Waals surface area (Å²) in [4.78, 5) is 1.86. The van der Waals surface area contributed by atoms with Gasteiger partial charge in [-0.05, 0) is 57.2 Å². The molecule has 320 valence electrons. The minimum Gasteiger partial charge on any atom is -0.382 e. The zero-order valence-electron chi connectivity index (χ0n) is 33.5. The number of hydrogen-bond donors (Lipinski definition) is 0. The minimum atomic E-state index is -3.79. The van der Waals surface area contributed by atoms with Crippen LogP contribution >= 0.6 is 0 Å². The van der Waals surface area contributed by atoms with Gasteiger partial charge in [-0.25, -0.2) is 0 Å². The van der Waals surface area contributed by atoms with E-state index < -0.39 is 30.4 Å². The minimum absolute atomic E-state index is 0. The van der Waals surface area contributed by atoms with Gasteiger partial charge in [-0.3, -0.25) is 17.5 Å². The second kappa shape index (κ2) is 32.3. The number of ether oxygens (including phenoxy) is 6. The predicted molar refractivity (Wildman–Crippen MR) is 209 cm³/mol. The molecule has 22 heteroatoms. The molecule has 0 unspecified atom stereocenters. The number of methoxy groups -OCH3 is 1. The molecule has 3 rings (SSSR count). The third-order valence-electron chi connectivity index (χ3n) is 6.88. The van der Waals surface area contributed by atoms with Gasteiger partial charge in [-0.2, -0.15) is 25.3 Å². The first-order valence-electron chi connectivity index (χ1n) is 17.4. The molecule has 0 saturated carbocycles. The second-order valence-corrected chi connectivity index (χ2v) is 16.3. The Morgan fingerprint density at radius 1 is 0.397 bits per heavy atom. The van der Waals surface area contributed by atoms with Gasteiger partial charge in [0, 0.05) is 7.11 Å². The third kappa shape index (κ3) is 25.8. The molecule has 0 spiro atoms. The van der Waals surface area contributed by atoms with Gasteiger partial charge in [0.15, 0.2) is 0 Å². The van der Waals surface area contributed by atoms with E-state index in [9.17, 15) is 25.3 Å². The average molecular weight is 886 g/mol.